The Labute approximate surface area is 34.9 Å². The van der Waals surface area contributed by atoms with Gasteiger partial charge in [-0.05, 0) is 0 Å². The van der Waals surface area contributed by atoms with Crippen LogP contribution in [0.4, 0.5) is 0 Å². The number of nitrogens with zero attached hydrogens (tertiary/aromatic N) is 2. The minimum atomic E-state index is -0.546. The molecule has 0 atom stereocenters. The molecule has 0 saturated heterocycles. The van der Waals surface area contributed by atoms with Crippen LogP contribution in [0.5, 0.6) is 0 Å². The van der Waals surface area contributed by atoms with Crippen LogP contribution < -0.4 is 0 Å². The Kier molecular flexibility index (Phi) is 1.49. The van der Waals surface area contributed by atoms with Crippen molar-refractivity contribution in [3.05, 3.63) is 0 Å². The summed E-state index contributed by atoms with van der Waals surface area (Å²) in [5, 5.41) is 21.5. The standard InChI is InChI=1S/C3HN3/c4-1-3(6)2-5/h6H. The van der Waals surface area contributed by atoms with Gasteiger partial charge in [-0.15, -0.1) is 0 Å². The molecule has 28 valence electrons. The lowest BCUT2D eigenvalue weighted by Crippen LogP contribution is -1.79. The smallest absolute Gasteiger partial charge is 0.210 e. The van der Waals surface area contributed by atoms with E-state index in [4.69, 9.17) is 15.9 Å². The Morgan fingerprint density at radius 3 is 1.67 bits per heavy atom. The van der Waals surface area contributed by atoms with E-state index >= 15 is 0 Å². The Balaban J connectivity index is 3.75. The predicted molar refractivity (Wildman–Crippen MR) is 19.0 cm³/mol. The van der Waals surface area contributed by atoms with E-state index in [1.165, 1.54) is 12.1 Å². The zero-order valence-electron chi connectivity index (χ0n) is 2.89. The maximum absolute atomic E-state index is 7.64. The van der Waals surface area contributed by atoms with E-state index in [1.54, 1.807) is 0 Å². The summed E-state index contributed by atoms with van der Waals surface area (Å²) in [5.74, 6) is 0. The number of hydrogen-bond donors (Lipinski definition) is 1. The molecular weight excluding hydrogens is 78.1 g/mol. The van der Waals surface area contributed by atoms with Crippen molar-refractivity contribution in [2.75, 3.05) is 0 Å². The molecule has 0 aromatic rings. The van der Waals surface area contributed by atoms with E-state index in [2.05, 4.69) is 0 Å². The fourth-order valence-corrected chi connectivity index (χ4v) is 0.0250. The third kappa shape index (κ3) is 1.03. The van der Waals surface area contributed by atoms with Gasteiger partial charge in [0.2, 0.25) is 5.71 Å². The van der Waals surface area contributed by atoms with Gasteiger partial charge in [-0.25, -0.2) is 0 Å². The van der Waals surface area contributed by atoms with Crippen LogP contribution in [0.1, 0.15) is 0 Å². The van der Waals surface area contributed by atoms with Crippen molar-refractivity contribution in [3.63, 3.8) is 0 Å². The molecule has 0 aromatic carbocycles. The molecule has 0 unspecified atom stereocenters. The van der Waals surface area contributed by atoms with Crippen molar-refractivity contribution >= 4 is 5.71 Å². The van der Waals surface area contributed by atoms with Gasteiger partial charge in [-0.1, -0.05) is 0 Å². The van der Waals surface area contributed by atoms with Crippen LogP contribution >= 0.6 is 0 Å². The van der Waals surface area contributed by atoms with E-state index < -0.39 is 5.71 Å². The molecule has 3 heteroatoms. The molecule has 0 fully saturated rings. The highest BCUT2D eigenvalue weighted by atomic mass is 14.4. The van der Waals surface area contributed by atoms with Crippen molar-refractivity contribution in [3.8, 4) is 12.1 Å². The lowest BCUT2D eigenvalue weighted by molar-refractivity contribution is 1.47. The molecule has 0 radical (unpaired) electrons. The van der Waals surface area contributed by atoms with Gasteiger partial charge in [0.15, 0.2) is 0 Å². The first kappa shape index (κ1) is 4.65. The van der Waals surface area contributed by atoms with Gasteiger partial charge in [0.05, 0.1) is 0 Å². The summed E-state index contributed by atoms with van der Waals surface area (Å²) in [4.78, 5) is 0. The minimum absolute atomic E-state index is 0.546. The summed E-state index contributed by atoms with van der Waals surface area (Å²) in [6, 6.07) is 2.67. The van der Waals surface area contributed by atoms with Gasteiger partial charge < -0.3 is 0 Å². The zero-order chi connectivity index (χ0) is 4.99. The van der Waals surface area contributed by atoms with Crippen molar-refractivity contribution in [1.29, 1.82) is 15.9 Å². The monoisotopic (exact) mass is 79.0 g/mol. The normalized spacial score (nSPS) is 5.00. The van der Waals surface area contributed by atoms with Crippen LogP contribution in [0.2, 0.25) is 0 Å². The number of nitrogens with one attached hydrogen (secondary N) is 1. The second kappa shape index (κ2) is 1.92. The van der Waals surface area contributed by atoms with Crippen molar-refractivity contribution in [2.24, 2.45) is 0 Å². The number of hydrogen-bond acceptors (Lipinski definition) is 3. The van der Waals surface area contributed by atoms with E-state index in [0.29, 0.717) is 0 Å². The molecule has 0 aliphatic heterocycles. The van der Waals surface area contributed by atoms with Gasteiger partial charge >= 0.3 is 0 Å². The third-order valence-electron chi connectivity index (χ3n) is 0.224. The molecule has 6 heavy (non-hydrogen) atoms. The zero-order valence-corrected chi connectivity index (χ0v) is 2.89. The second-order valence-electron chi connectivity index (χ2n) is 0.599. The summed E-state index contributed by atoms with van der Waals surface area (Å²) in [5.41, 5.74) is -0.546. The van der Waals surface area contributed by atoms with Crippen molar-refractivity contribution in [2.45, 2.75) is 0 Å². The fourth-order valence-electron chi connectivity index (χ4n) is 0.0250. The van der Waals surface area contributed by atoms with Crippen molar-refractivity contribution in [1.82, 2.24) is 0 Å². The molecule has 0 bridgehead atoms. The molecule has 0 saturated carbocycles. The molecule has 0 rings (SSSR count). The van der Waals surface area contributed by atoms with Gasteiger partial charge in [0, 0.05) is 0 Å². The quantitative estimate of drug-likeness (QED) is 0.417. The molecule has 0 aliphatic carbocycles. The number of rotatable bonds is 0. The Hall–Kier alpha value is -1.35. The average Bonchev–Trinajstić information content (AvgIpc) is 1.65. The first-order chi connectivity index (χ1) is 2.81. The summed E-state index contributed by atoms with van der Waals surface area (Å²) in [6.45, 7) is 0. The highest BCUT2D eigenvalue weighted by Gasteiger charge is 1.79. The highest BCUT2D eigenvalue weighted by Crippen LogP contribution is 1.56. The summed E-state index contributed by atoms with van der Waals surface area (Å²) in [6.07, 6.45) is 0. The Morgan fingerprint density at radius 2 is 1.67 bits per heavy atom. The molecule has 0 amide bonds. The molecule has 0 aliphatic rings. The highest BCUT2D eigenvalue weighted by molar-refractivity contribution is 6.07. The molecule has 1 N–H and O–H groups in total. The van der Waals surface area contributed by atoms with Crippen LogP contribution in [-0.4, -0.2) is 5.71 Å². The molecule has 3 nitrogen and oxygen atoms in total. The second-order valence-corrected chi connectivity index (χ2v) is 0.599. The molecule has 0 heterocycles. The van der Waals surface area contributed by atoms with E-state index in [1.807, 2.05) is 0 Å². The van der Waals surface area contributed by atoms with Gasteiger partial charge in [0.1, 0.15) is 12.1 Å². The molecule has 0 spiro atoms. The Bertz CT molecular complexity index is 117. The van der Waals surface area contributed by atoms with Crippen LogP contribution in [0.15, 0.2) is 0 Å². The van der Waals surface area contributed by atoms with Crippen LogP contribution in [-0.2, 0) is 0 Å². The van der Waals surface area contributed by atoms with Gasteiger partial charge in [-0.3, -0.25) is 5.41 Å². The van der Waals surface area contributed by atoms with E-state index in [9.17, 15) is 0 Å². The van der Waals surface area contributed by atoms with Crippen LogP contribution in [0.3, 0.4) is 0 Å². The maximum Gasteiger partial charge on any atom is 0.210 e. The predicted octanol–water partition coefficient (Wildman–Crippen LogP) is 0.0533. The van der Waals surface area contributed by atoms with E-state index in [0.717, 1.165) is 0 Å². The lowest BCUT2D eigenvalue weighted by atomic mass is 10.5. The first-order valence-electron chi connectivity index (χ1n) is 1.20. The van der Waals surface area contributed by atoms with E-state index in [-0.39, 0.29) is 0 Å². The summed E-state index contributed by atoms with van der Waals surface area (Å²) in [7, 11) is 0. The Morgan fingerprint density at radius 1 is 1.33 bits per heavy atom. The lowest BCUT2D eigenvalue weighted by Gasteiger charge is -1.56. The van der Waals surface area contributed by atoms with Gasteiger partial charge in [0.25, 0.3) is 0 Å². The van der Waals surface area contributed by atoms with Crippen LogP contribution in [0.25, 0.3) is 0 Å². The summed E-state index contributed by atoms with van der Waals surface area (Å²) < 4.78 is 0. The average molecular weight is 79.1 g/mol. The maximum atomic E-state index is 7.64. The minimum Gasteiger partial charge on any atom is -0.281 e. The largest absolute Gasteiger partial charge is 0.281 e. The number of nitriles is 2. The van der Waals surface area contributed by atoms with Crippen LogP contribution in [0, 0.1) is 28.1 Å². The molecule has 0 aromatic heterocycles. The third-order valence-corrected chi connectivity index (χ3v) is 0.224. The first-order valence-corrected chi connectivity index (χ1v) is 1.20. The van der Waals surface area contributed by atoms with Gasteiger partial charge in [-0.2, -0.15) is 10.5 Å². The topological polar surface area (TPSA) is 71.4 Å². The SMILES string of the molecule is N#CC(=N)C#N. The molecular formula is C3HN3. The fraction of sp³-hybridized carbons (Fsp3) is 0. The summed E-state index contributed by atoms with van der Waals surface area (Å²) >= 11 is 0. The van der Waals surface area contributed by atoms with Crippen molar-refractivity contribution < 1.29 is 0 Å².